The van der Waals surface area contributed by atoms with Crippen LogP contribution in [-0.2, 0) is 23.1 Å². The van der Waals surface area contributed by atoms with E-state index in [2.05, 4.69) is 10.2 Å². The SMILES string of the molecule is CS(=O)(=O)N1CCN(Cc2ccc(C(=O)NCc3ccc(Cl)cc3Cl)cc2)CC1. The Bertz CT molecular complexity index is 973. The van der Waals surface area contributed by atoms with Gasteiger partial charge in [0.25, 0.3) is 5.91 Å². The number of halogens is 2. The van der Waals surface area contributed by atoms with Gasteiger partial charge in [0, 0.05) is 54.9 Å². The fraction of sp³-hybridized carbons (Fsp3) is 0.350. The third-order valence-electron chi connectivity index (χ3n) is 4.88. The number of amides is 1. The first-order valence-corrected chi connectivity index (χ1v) is 11.8. The zero-order valence-corrected chi connectivity index (χ0v) is 18.4. The maximum atomic E-state index is 12.4. The highest BCUT2D eigenvalue weighted by molar-refractivity contribution is 7.88. The summed E-state index contributed by atoms with van der Waals surface area (Å²) in [5.41, 5.74) is 2.45. The van der Waals surface area contributed by atoms with Gasteiger partial charge in [-0.2, -0.15) is 4.31 Å². The van der Waals surface area contributed by atoms with Crippen molar-refractivity contribution < 1.29 is 13.2 Å². The monoisotopic (exact) mass is 455 g/mol. The van der Waals surface area contributed by atoms with Crippen molar-refractivity contribution in [3.05, 3.63) is 69.2 Å². The van der Waals surface area contributed by atoms with Crippen molar-refractivity contribution >= 4 is 39.1 Å². The van der Waals surface area contributed by atoms with Crippen LogP contribution in [0.15, 0.2) is 42.5 Å². The van der Waals surface area contributed by atoms with Crippen molar-refractivity contribution in [3.8, 4) is 0 Å². The average molecular weight is 456 g/mol. The van der Waals surface area contributed by atoms with E-state index in [0.717, 1.165) is 17.7 Å². The third-order valence-corrected chi connectivity index (χ3v) is 6.77. The van der Waals surface area contributed by atoms with Crippen molar-refractivity contribution in [1.82, 2.24) is 14.5 Å². The molecule has 0 aromatic heterocycles. The molecular formula is C20H23Cl2N3O3S. The Kier molecular flexibility index (Phi) is 7.19. The average Bonchev–Trinajstić information content (AvgIpc) is 2.67. The van der Waals surface area contributed by atoms with E-state index in [0.29, 0.717) is 48.3 Å². The lowest BCUT2D eigenvalue weighted by atomic mass is 10.1. The highest BCUT2D eigenvalue weighted by Crippen LogP contribution is 2.21. The summed E-state index contributed by atoms with van der Waals surface area (Å²) in [6, 6.07) is 12.6. The number of carbonyl (C=O) groups is 1. The summed E-state index contributed by atoms with van der Waals surface area (Å²) < 4.78 is 24.7. The molecule has 6 nitrogen and oxygen atoms in total. The van der Waals surface area contributed by atoms with Crippen LogP contribution < -0.4 is 5.32 Å². The first kappa shape index (κ1) is 22.1. The smallest absolute Gasteiger partial charge is 0.251 e. The lowest BCUT2D eigenvalue weighted by Crippen LogP contribution is -2.47. The minimum atomic E-state index is -3.12. The molecule has 1 fully saturated rings. The maximum Gasteiger partial charge on any atom is 0.251 e. The molecule has 1 amide bonds. The lowest BCUT2D eigenvalue weighted by molar-refractivity contribution is 0.0951. The summed E-state index contributed by atoms with van der Waals surface area (Å²) in [6.45, 7) is 3.44. The molecule has 0 atom stereocenters. The molecule has 9 heteroatoms. The second-order valence-electron chi connectivity index (χ2n) is 7.05. The second-order valence-corrected chi connectivity index (χ2v) is 9.88. The summed E-state index contributed by atoms with van der Waals surface area (Å²) >= 11 is 12.0. The number of rotatable bonds is 6. The minimum absolute atomic E-state index is 0.177. The zero-order valence-electron chi connectivity index (χ0n) is 16.1. The van der Waals surface area contributed by atoms with E-state index in [1.165, 1.54) is 10.6 Å². The molecule has 0 radical (unpaired) electrons. The van der Waals surface area contributed by atoms with Gasteiger partial charge < -0.3 is 5.32 Å². The summed E-state index contributed by atoms with van der Waals surface area (Å²) in [4.78, 5) is 14.6. The van der Waals surface area contributed by atoms with Gasteiger partial charge in [0.1, 0.15) is 0 Å². The van der Waals surface area contributed by atoms with Crippen molar-refractivity contribution in [2.45, 2.75) is 13.1 Å². The summed E-state index contributed by atoms with van der Waals surface area (Å²) in [5, 5.41) is 3.93. The molecule has 1 heterocycles. The Morgan fingerprint density at radius 2 is 1.69 bits per heavy atom. The Labute approximate surface area is 181 Å². The van der Waals surface area contributed by atoms with Crippen molar-refractivity contribution in [3.63, 3.8) is 0 Å². The Hall–Kier alpha value is -1.64. The maximum absolute atomic E-state index is 12.4. The number of nitrogens with zero attached hydrogens (tertiary/aromatic N) is 2. The number of carbonyl (C=O) groups excluding carboxylic acids is 1. The quantitative estimate of drug-likeness (QED) is 0.726. The Morgan fingerprint density at radius 3 is 2.28 bits per heavy atom. The van der Waals surface area contributed by atoms with Gasteiger partial charge in [0.05, 0.1) is 6.26 Å². The fourth-order valence-electron chi connectivity index (χ4n) is 3.18. The summed E-state index contributed by atoms with van der Waals surface area (Å²) in [6.07, 6.45) is 1.24. The van der Waals surface area contributed by atoms with Crippen LogP contribution in [0.5, 0.6) is 0 Å². The predicted octanol–water partition coefficient (Wildman–Crippen LogP) is 3.00. The number of nitrogens with one attached hydrogen (secondary N) is 1. The van der Waals surface area contributed by atoms with Gasteiger partial charge in [-0.3, -0.25) is 9.69 Å². The fourth-order valence-corrected chi connectivity index (χ4v) is 4.48. The van der Waals surface area contributed by atoms with Gasteiger partial charge in [0.15, 0.2) is 0 Å². The van der Waals surface area contributed by atoms with E-state index < -0.39 is 10.0 Å². The van der Waals surface area contributed by atoms with Crippen LogP contribution in [0.3, 0.4) is 0 Å². The van der Waals surface area contributed by atoms with Crippen molar-refractivity contribution in [1.29, 1.82) is 0 Å². The van der Waals surface area contributed by atoms with Crippen LogP contribution in [0.25, 0.3) is 0 Å². The summed E-state index contributed by atoms with van der Waals surface area (Å²) in [5.74, 6) is -0.177. The van der Waals surface area contributed by atoms with E-state index >= 15 is 0 Å². The van der Waals surface area contributed by atoms with Crippen LogP contribution >= 0.6 is 23.2 Å². The summed E-state index contributed by atoms with van der Waals surface area (Å²) in [7, 11) is -3.12. The normalized spacial score (nSPS) is 16.0. The highest BCUT2D eigenvalue weighted by Gasteiger charge is 2.23. The number of piperazine rings is 1. The zero-order chi connectivity index (χ0) is 21.0. The topological polar surface area (TPSA) is 69.7 Å². The first-order chi connectivity index (χ1) is 13.7. The van der Waals surface area contributed by atoms with Crippen LogP contribution in [0, 0.1) is 0 Å². The number of sulfonamides is 1. The van der Waals surface area contributed by atoms with Crippen LogP contribution in [0.2, 0.25) is 10.0 Å². The van der Waals surface area contributed by atoms with Gasteiger partial charge in [-0.25, -0.2) is 8.42 Å². The number of hydrogen-bond acceptors (Lipinski definition) is 4. The highest BCUT2D eigenvalue weighted by atomic mass is 35.5. The van der Waals surface area contributed by atoms with Gasteiger partial charge in [-0.1, -0.05) is 41.4 Å². The van der Waals surface area contributed by atoms with E-state index in [-0.39, 0.29) is 5.91 Å². The largest absolute Gasteiger partial charge is 0.348 e. The van der Waals surface area contributed by atoms with E-state index in [1.807, 2.05) is 12.1 Å². The van der Waals surface area contributed by atoms with Crippen LogP contribution in [0.4, 0.5) is 0 Å². The number of benzene rings is 2. The van der Waals surface area contributed by atoms with Gasteiger partial charge in [0.2, 0.25) is 10.0 Å². The van der Waals surface area contributed by atoms with E-state index in [9.17, 15) is 13.2 Å². The molecule has 1 aliphatic rings. The molecule has 29 heavy (non-hydrogen) atoms. The first-order valence-electron chi connectivity index (χ1n) is 9.21. The molecule has 2 aromatic carbocycles. The molecule has 2 aromatic rings. The number of hydrogen-bond donors (Lipinski definition) is 1. The van der Waals surface area contributed by atoms with E-state index in [4.69, 9.17) is 23.2 Å². The van der Waals surface area contributed by atoms with Crippen LogP contribution in [-0.4, -0.2) is 56.0 Å². The van der Waals surface area contributed by atoms with Gasteiger partial charge >= 0.3 is 0 Å². The van der Waals surface area contributed by atoms with Gasteiger partial charge in [-0.15, -0.1) is 0 Å². The lowest BCUT2D eigenvalue weighted by Gasteiger charge is -2.33. The Morgan fingerprint density at radius 1 is 1.03 bits per heavy atom. The molecular weight excluding hydrogens is 433 g/mol. The molecule has 0 saturated carbocycles. The molecule has 156 valence electrons. The Balaban J connectivity index is 1.51. The van der Waals surface area contributed by atoms with Crippen molar-refractivity contribution in [2.75, 3.05) is 32.4 Å². The molecule has 1 N–H and O–H groups in total. The minimum Gasteiger partial charge on any atom is -0.348 e. The predicted molar refractivity (Wildman–Crippen MR) is 116 cm³/mol. The van der Waals surface area contributed by atoms with E-state index in [1.54, 1.807) is 30.3 Å². The molecule has 0 unspecified atom stereocenters. The molecule has 0 bridgehead atoms. The van der Waals surface area contributed by atoms with Crippen molar-refractivity contribution in [2.24, 2.45) is 0 Å². The standard InChI is InChI=1S/C20H23Cl2N3O3S/c1-29(27,28)25-10-8-24(9-11-25)14-15-2-4-16(5-3-15)20(26)23-13-17-6-7-18(21)12-19(17)22/h2-7,12H,8-11,13-14H2,1H3,(H,23,26). The molecule has 1 saturated heterocycles. The molecule has 3 rings (SSSR count). The molecule has 1 aliphatic heterocycles. The third kappa shape index (κ3) is 6.17. The molecule has 0 spiro atoms. The van der Waals surface area contributed by atoms with Crippen LogP contribution in [0.1, 0.15) is 21.5 Å². The molecule has 0 aliphatic carbocycles. The van der Waals surface area contributed by atoms with Gasteiger partial charge in [-0.05, 0) is 35.4 Å². The second kappa shape index (κ2) is 9.45.